The number of piperidine rings is 1. The maximum Gasteiger partial charge on any atom is 0.326 e. The number of aliphatic hydroxyl groups is 1. The number of aliphatic carboxylic acids is 1. The van der Waals surface area contributed by atoms with Gasteiger partial charge in [-0.1, -0.05) is 38.0 Å². The van der Waals surface area contributed by atoms with Gasteiger partial charge in [0.15, 0.2) is 0 Å². The van der Waals surface area contributed by atoms with Gasteiger partial charge < -0.3 is 20.0 Å². The van der Waals surface area contributed by atoms with Gasteiger partial charge in [0, 0.05) is 32.0 Å². The third kappa shape index (κ3) is 6.20. The highest BCUT2D eigenvalue weighted by molar-refractivity contribution is 7.89. The van der Waals surface area contributed by atoms with Gasteiger partial charge in [-0.15, -0.1) is 0 Å². The van der Waals surface area contributed by atoms with Crippen molar-refractivity contribution in [3.05, 3.63) is 29.8 Å². The van der Waals surface area contributed by atoms with E-state index in [-0.39, 0.29) is 48.7 Å². The minimum absolute atomic E-state index is 0.00811. The molecule has 0 spiro atoms. The van der Waals surface area contributed by atoms with Crippen LogP contribution in [-0.4, -0.2) is 84.0 Å². The second-order valence-electron chi connectivity index (χ2n) is 9.63. The molecule has 0 aromatic heterocycles. The van der Waals surface area contributed by atoms with Crippen LogP contribution in [0.5, 0.6) is 0 Å². The third-order valence-corrected chi connectivity index (χ3v) is 8.55. The molecule has 2 saturated heterocycles. The maximum atomic E-state index is 13.4. The summed E-state index contributed by atoms with van der Waals surface area (Å²) in [5.41, 5.74) is 0.925. The number of sulfonamides is 1. The number of hydrogen-bond donors (Lipinski definition) is 3. The summed E-state index contributed by atoms with van der Waals surface area (Å²) in [5, 5.41) is 19.2. The Morgan fingerprint density at radius 1 is 1.14 bits per heavy atom. The number of amides is 2. The molecular weight excluding hydrogens is 474 g/mol. The lowest BCUT2D eigenvalue weighted by Gasteiger charge is -2.36. The molecule has 0 bridgehead atoms. The van der Waals surface area contributed by atoms with Crippen LogP contribution in [0.4, 0.5) is 0 Å². The Bertz CT molecular complexity index is 1040. The highest BCUT2D eigenvalue weighted by Gasteiger charge is 2.42. The molecule has 2 fully saturated rings. The summed E-state index contributed by atoms with van der Waals surface area (Å²) in [6.07, 6.45) is 0.439. The summed E-state index contributed by atoms with van der Waals surface area (Å²) in [6, 6.07) is 4.43. The largest absolute Gasteiger partial charge is 0.480 e. The monoisotopic (exact) mass is 509 g/mol. The van der Waals surface area contributed by atoms with Crippen molar-refractivity contribution in [2.24, 2.45) is 11.8 Å². The zero-order valence-corrected chi connectivity index (χ0v) is 21.2. The van der Waals surface area contributed by atoms with E-state index in [0.29, 0.717) is 19.3 Å². The highest BCUT2D eigenvalue weighted by Crippen LogP contribution is 2.27. The lowest BCUT2D eigenvalue weighted by Crippen LogP contribution is -2.54. The number of likely N-dealkylation sites (tertiary alicyclic amines) is 2. The van der Waals surface area contributed by atoms with Crippen molar-refractivity contribution in [2.75, 3.05) is 19.6 Å². The number of benzene rings is 1. The van der Waals surface area contributed by atoms with Crippen LogP contribution in [0.1, 0.15) is 45.1 Å². The molecule has 1 aromatic rings. The molecule has 35 heavy (non-hydrogen) atoms. The molecule has 2 aliphatic heterocycles. The zero-order chi connectivity index (χ0) is 25.9. The summed E-state index contributed by atoms with van der Waals surface area (Å²) in [5.74, 6) is -2.48. The quantitative estimate of drug-likeness (QED) is 0.474. The van der Waals surface area contributed by atoms with Gasteiger partial charge in [-0.05, 0) is 37.8 Å². The van der Waals surface area contributed by atoms with E-state index in [1.54, 1.807) is 17.0 Å². The molecule has 2 aliphatic rings. The smallest absolute Gasteiger partial charge is 0.326 e. The van der Waals surface area contributed by atoms with E-state index in [4.69, 9.17) is 0 Å². The minimum atomic E-state index is -3.91. The molecule has 10 nitrogen and oxygen atoms in total. The standard InChI is InChI=1S/C24H35N3O7S/c1-4-16(3)21(25-35(33,34)19-7-5-15(2)6-8-19)23(30)26-11-9-17(10-12-26)22(29)27-14-18(28)13-20(27)24(31)32/h5-8,16-18,20-21,25,28H,4,9-14H2,1-3H3,(H,31,32)/t16-,18-,20-,21-/m0/s1. The van der Waals surface area contributed by atoms with E-state index in [1.165, 1.54) is 17.0 Å². The van der Waals surface area contributed by atoms with Crippen LogP contribution in [0.3, 0.4) is 0 Å². The molecule has 0 unspecified atom stereocenters. The number of β-amino-alcohol motifs (C(OH)–C–C–N with tert-alkyl or cyclic N) is 1. The Kier molecular flexibility index (Phi) is 8.55. The highest BCUT2D eigenvalue weighted by atomic mass is 32.2. The fraction of sp³-hybridized carbons (Fsp3) is 0.625. The Morgan fingerprint density at radius 3 is 2.29 bits per heavy atom. The fourth-order valence-electron chi connectivity index (χ4n) is 4.67. The summed E-state index contributed by atoms with van der Waals surface area (Å²) in [4.78, 5) is 40.7. The van der Waals surface area contributed by atoms with Crippen molar-refractivity contribution in [2.45, 2.75) is 69.5 Å². The number of aryl methyl sites for hydroxylation is 1. The molecule has 0 radical (unpaired) electrons. The minimum Gasteiger partial charge on any atom is -0.480 e. The average molecular weight is 510 g/mol. The first-order chi connectivity index (χ1) is 16.4. The maximum absolute atomic E-state index is 13.4. The number of nitrogens with one attached hydrogen (secondary N) is 1. The van der Waals surface area contributed by atoms with Crippen LogP contribution in [0.25, 0.3) is 0 Å². The Hall–Kier alpha value is -2.50. The van der Waals surface area contributed by atoms with E-state index in [9.17, 15) is 33.0 Å². The first kappa shape index (κ1) is 27.1. The lowest BCUT2D eigenvalue weighted by atomic mass is 9.93. The van der Waals surface area contributed by atoms with Crippen molar-refractivity contribution in [1.82, 2.24) is 14.5 Å². The molecule has 194 valence electrons. The molecule has 11 heteroatoms. The van der Waals surface area contributed by atoms with Crippen molar-refractivity contribution >= 4 is 27.8 Å². The lowest BCUT2D eigenvalue weighted by molar-refractivity contribution is -0.151. The molecule has 3 N–H and O–H groups in total. The summed E-state index contributed by atoms with van der Waals surface area (Å²) < 4.78 is 28.5. The van der Waals surface area contributed by atoms with Crippen LogP contribution in [0, 0.1) is 18.8 Å². The second kappa shape index (κ2) is 11.0. The summed E-state index contributed by atoms with van der Waals surface area (Å²) >= 11 is 0. The van der Waals surface area contributed by atoms with Crippen LogP contribution in [0.2, 0.25) is 0 Å². The number of carboxylic acids is 1. The average Bonchev–Trinajstić information content (AvgIpc) is 3.23. The molecule has 3 rings (SSSR count). The van der Waals surface area contributed by atoms with Crippen molar-refractivity contribution < 1.29 is 33.0 Å². The molecule has 1 aromatic carbocycles. The predicted molar refractivity (Wildman–Crippen MR) is 128 cm³/mol. The van der Waals surface area contributed by atoms with Crippen LogP contribution in [-0.2, 0) is 24.4 Å². The van der Waals surface area contributed by atoms with E-state index in [1.807, 2.05) is 20.8 Å². The first-order valence-electron chi connectivity index (χ1n) is 12.0. The van der Waals surface area contributed by atoms with Crippen molar-refractivity contribution in [3.8, 4) is 0 Å². The fourth-order valence-corrected chi connectivity index (χ4v) is 5.97. The molecule has 0 aliphatic carbocycles. The van der Waals surface area contributed by atoms with Crippen LogP contribution in [0.15, 0.2) is 29.2 Å². The number of nitrogens with zero attached hydrogens (tertiary/aromatic N) is 2. The van der Waals surface area contributed by atoms with E-state index in [2.05, 4.69) is 4.72 Å². The van der Waals surface area contributed by atoms with Crippen LogP contribution < -0.4 is 4.72 Å². The van der Waals surface area contributed by atoms with Crippen LogP contribution >= 0.6 is 0 Å². The van der Waals surface area contributed by atoms with Gasteiger partial charge >= 0.3 is 5.97 Å². The van der Waals surface area contributed by atoms with Gasteiger partial charge in [0.1, 0.15) is 12.1 Å². The number of carbonyl (C=O) groups excluding carboxylic acids is 2. The molecular formula is C24H35N3O7S. The topological polar surface area (TPSA) is 144 Å². The zero-order valence-electron chi connectivity index (χ0n) is 20.4. The summed E-state index contributed by atoms with van der Waals surface area (Å²) in [6.45, 7) is 6.09. The third-order valence-electron chi connectivity index (χ3n) is 7.10. The van der Waals surface area contributed by atoms with Gasteiger partial charge in [-0.3, -0.25) is 9.59 Å². The number of rotatable bonds is 8. The molecule has 0 saturated carbocycles. The first-order valence-corrected chi connectivity index (χ1v) is 13.5. The Balaban J connectivity index is 1.67. The normalized spacial score (nSPS) is 23.2. The van der Waals surface area contributed by atoms with Gasteiger partial charge in [0.2, 0.25) is 21.8 Å². The van der Waals surface area contributed by atoms with Gasteiger partial charge in [0.05, 0.1) is 11.0 Å². The number of aliphatic hydroxyl groups excluding tert-OH is 1. The Labute approximate surface area is 206 Å². The second-order valence-corrected chi connectivity index (χ2v) is 11.3. The predicted octanol–water partition coefficient (Wildman–Crippen LogP) is 0.973. The van der Waals surface area contributed by atoms with Gasteiger partial charge in [-0.2, -0.15) is 4.72 Å². The van der Waals surface area contributed by atoms with Gasteiger partial charge in [-0.25, -0.2) is 13.2 Å². The Morgan fingerprint density at radius 2 is 1.74 bits per heavy atom. The SMILES string of the molecule is CC[C@H](C)[C@H](NS(=O)(=O)c1ccc(C)cc1)C(=O)N1CCC(C(=O)N2C[C@@H](O)C[C@H]2C(=O)O)CC1. The van der Waals surface area contributed by atoms with E-state index in [0.717, 1.165) is 5.56 Å². The van der Waals surface area contributed by atoms with Gasteiger partial charge in [0.25, 0.3) is 0 Å². The van der Waals surface area contributed by atoms with E-state index >= 15 is 0 Å². The molecule has 2 amide bonds. The van der Waals surface area contributed by atoms with Crippen molar-refractivity contribution in [1.29, 1.82) is 0 Å². The number of hydrogen-bond acceptors (Lipinski definition) is 6. The van der Waals surface area contributed by atoms with Crippen molar-refractivity contribution in [3.63, 3.8) is 0 Å². The number of carbonyl (C=O) groups is 3. The van der Waals surface area contributed by atoms with E-state index < -0.39 is 40.1 Å². The number of carboxylic acid groups (broad SMARTS) is 1. The molecule has 2 heterocycles. The summed E-state index contributed by atoms with van der Waals surface area (Å²) in [7, 11) is -3.91. The molecule has 4 atom stereocenters.